The van der Waals surface area contributed by atoms with Gasteiger partial charge in [-0.25, -0.2) is 5.48 Å². The van der Waals surface area contributed by atoms with E-state index >= 15 is 0 Å². The minimum absolute atomic E-state index is 0.626. The first-order valence-electron chi connectivity index (χ1n) is 6.30. The molecule has 0 amide bonds. The minimum Gasteiger partial charge on any atom is -0.301 e. The summed E-state index contributed by atoms with van der Waals surface area (Å²) in [6.07, 6.45) is 2.42. The third-order valence-electron chi connectivity index (χ3n) is 2.59. The normalized spacial score (nSPS) is 17.0. The van der Waals surface area contributed by atoms with Crippen LogP contribution in [0.4, 0.5) is 0 Å². The largest absolute Gasteiger partial charge is 0.301 e. The van der Waals surface area contributed by atoms with E-state index in [1.807, 2.05) is 20.8 Å². The first-order chi connectivity index (χ1) is 7.86. The lowest BCUT2D eigenvalue weighted by Crippen LogP contribution is -2.36. The summed E-state index contributed by atoms with van der Waals surface area (Å²) in [7, 11) is 1.79. The van der Waals surface area contributed by atoms with Gasteiger partial charge in [-0.05, 0) is 32.9 Å². The molecule has 0 aromatic heterocycles. The zero-order valence-corrected chi connectivity index (χ0v) is 11.2. The van der Waals surface area contributed by atoms with E-state index in [1.165, 1.54) is 12.8 Å². The predicted octanol–water partition coefficient (Wildman–Crippen LogP) is 1.90. The van der Waals surface area contributed by atoms with Gasteiger partial charge in [-0.3, -0.25) is 0 Å². The molecule has 94 valence electrons. The van der Waals surface area contributed by atoms with Crippen LogP contribution in [0.25, 0.3) is 0 Å². The summed E-state index contributed by atoms with van der Waals surface area (Å²) in [6, 6.07) is 0. The van der Waals surface area contributed by atoms with Crippen LogP contribution in [0, 0.1) is 17.8 Å². The van der Waals surface area contributed by atoms with E-state index in [-0.39, 0.29) is 0 Å². The Hall–Kier alpha value is -0.560. The summed E-state index contributed by atoms with van der Waals surface area (Å²) in [5, 5.41) is 0. The van der Waals surface area contributed by atoms with Gasteiger partial charge >= 0.3 is 0 Å². The fraction of sp³-hybridized carbons (Fsp3) is 0.846. The Kier molecular flexibility index (Phi) is 10.6. The van der Waals surface area contributed by atoms with E-state index in [4.69, 9.17) is 4.84 Å². The molecule has 1 fully saturated rings. The summed E-state index contributed by atoms with van der Waals surface area (Å²) in [5.41, 5.74) is 2.69. The number of nitrogens with zero attached hydrogens (tertiary/aromatic N) is 1. The zero-order valence-electron chi connectivity index (χ0n) is 11.2. The van der Waals surface area contributed by atoms with Gasteiger partial charge in [-0.2, -0.15) is 0 Å². The number of hydrogen-bond acceptors (Lipinski definition) is 3. The average molecular weight is 226 g/mol. The number of nitrogens with one attached hydrogen (secondary N) is 1. The van der Waals surface area contributed by atoms with Gasteiger partial charge in [0, 0.05) is 19.5 Å². The third-order valence-corrected chi connectivity index (χ3v) is 2.59. The lowest BCUT2D eigenvalue weighted by molar-refractivity contribution is 0.0356. The maximum absolute atomic E-state index is 5.09. The van der Waals surface area contributed by atoms with Crippen LogP contribution < -0.4 is 5.48 Å². The molecule has 1 heterocycles. The fourth-order valence-corrected chi connectivity index (χ4v) is 1.78. The van der Waals surface area contributed by atoms with Crippen molar-refractivity contribution in [3.05, 3.63) is 0 Å². The molecule has 0 aliphatic carbocycles. The Balaban J connectivity index is 0.00000106. The molecule has 1 N–H and O–H groups in total. The monoisotopic (exact) mass is 226 g/mol. The Morgan fingerprint density at radius 2 is 1.94 bits per heavy atom. The molecule has 3 nitrogen and oxygen atoms in total. The highest BCUT2D eigenvalue weighted by Crippen LogP contribution is 2.15. The van der Waals surface area contributed by atoms with Crippen LogP contribution in [0.5, 0.6) is 0 Å². The third kappa shape index (κ3) is 6.84. The highest BCUT2D eigenvalue weighted by atomic mass is 16.6. The van der Waals surface area contributed by atoms with Crippen molar-refractivity contribution in [1.82, 2.24) is 10.4 Å². The minimum atomic E-state index is 0.626. The van der Waals surface area contributed by atoms with Crippen molar-refractivity contribution in [1.29, 1.82) is 0 Å². The van der Waals surface area contributed by atoms with Crippen molar-refractivity contribution in [3.8, 4) is 11.8 Å². The molecule has 0 spiro atoms. The number of rotatable bonds is 4. The van der Waals surface area contributed by atoms with Crippen molar-refractivity contribution in [2.75, 3.05) is 33.3 Å². The van der Waals surface area contributed by atoms with Crippen molar-refractivity contribution in [2.24, 2.45) is 5.92 Å². The Morgan fingerprint density at radius 3 is 2.44 bits per heavy atom. The highest BCUT2D eigenvalue weighted by molar-refractivity contribution is 5.02. The fourth-order valence-electron chi connectivity index (χ4n) is 1.78. The molecule has 0 saturated carbocycles. The summed E-state index contributed by atoms with van der Waals surface area (Å²) >= 11 is 0. The van der Waals surface area contributed by atoms with Gasteiger partial charge in [0.25, 0.3) is 0 Å². The van der Waals surface area contributed by atoms with Gasteiger partial charge in [0.1, 0.15) is 0 Å². The Labute approximate surface area is 100 Å². The van der Waals surface area contributed by atoms with Gasteiger partial charge in [0.15, 0.2) is 0 Å². The molecule has 0 unspecified atom stereocenters. The van der Waals surface area contributed by atoms with Crippen molar-refractivity contribution >= 4 is 0 Å². The summed E-state index contributed by atoms with van der Waals surface area (Å²) in [4.78, 5) is 7.53. The second-order valence-corrected chi connectivity index (χ2v) is 3.56. The van der Waals surface area contributed by atoms with Crippen LogP contribution >= 0.6 is 0 Å². The standard InChI is InChI=1S/C11H20N2O.C2H6/c1-3-4-11-5-7-13(8-6-11)9-10-14-12-2;1-2/h11-12H,5-10H2,1-2H3;1-2H3. The van der Waals surface area contributed by atoms with Gasteiger partial charge in [0.2, 0.25) is 0 Å². The smallest absolute Gasteiger partial charge is 0.0809 e. The van der Waals surface area contributed by atoms with E-state index in [0.717, 1.165) is 26.2 Å². The molecular weight excluding hydrogens is 200 g/mol. The summed E-state index contributed by atoms with van der Waals surface area (Å²) in [5.74, 6) is 6.88. The van der Waals surface area contributed by atoms with Crippen LogP contribution in [0.2, 0.25) is 0 Å². The second-order valence-electron chi connectivity index (χ2n) is 3.56. The molecule has 0 bridgehead atoms. The van der Waals surface area contributed by atoms with Crippen molar-refractivity contribution < 1.29 is 4.84 Å². The van der Waals surface area contributed by atoms with E-state index < -0.39 is 0 Å². The molecule has 3 heteroatoms. The van der Waals surface area contributed by atoms with Crippen LogP contribution in [0.15, 0.2) is 0 Å². The quantitative estimate of drug-likeness (QED) is 0.450. The molecule has 1 aliphatic heterocycles. The number of hydrogen-bond donors (Lipinski definition) is 1. The number of piperidine rings is 1. The average Bonchev–Trinajstić information content (AvgIpc) is 2.35. The molecule has 0 aromatic rings. The first-order valence-corrected chi connectivity index (χ1v) is 6.30. The summed E-state index contributed by atoms with van der Waals surface area (Å²) < 4.78 is 0. The van der Waals surface area contributed by atoms with Gasteiger partial charge in [-0.1, -0.05) is 13.8 Å². The van der Waals surface area contributed by atoms with E-state index in [2.05, 4.69) is 22.2 Å². The molecule has 1 saturated heterocycles. The van der Waals surface area contributed by atoms with Crippen LogP contribution in [-0.2, 0) is 4.84 Å². The molecule has 0 radical (unpaired) electrons. The van der Waals surface area contributed by atoms with Gasteiger partial charge in [0.05, 0.1) is 6.61 Å². The predicted molar refractivity (Wildman–Crippen MR) is 69.0 cm³/mol. The molecule has 1 rings (SSSR count). The van der Waals surface area contributed by atoms with Crippen molar-refractivity contribution in [2.45, 2.75) is 33.6 Å². The topological polar surface area (TPSA) is 24.5 Å². The zero-order chi connectivity index (χ0) is 12.2. The molecule has 0 aromatic carbocycles. The SMILES string of the molecule is CC.CC#CC1CCN(CCONC)CC1. The number of likely N-dealkylation sites (tertiary alicyclic amines) is 1. The lowest BCUT2D eigenvalue weighted by atomic mass is 9.98. The highest BCUT2D eigenvalue weighted by Gasteiger charge is 2.16. The maximum atomic E-state index is 5.09. The lowest BCUT2D eigenvalue weighted by Gasteiger charge is -2.29. The van der Waals surface area contributed by atoms with Crippen LogP contribution in [-0.4, -0.2) is 38.2 Å². The van der Waals surface area contributed by atoms with E-state index in [1.54, 1.807) is 7.05 Å². The first kappa shape index (κ1) is 15.4. The van der Waals surface area contributed by atoms with E-state index in [0.29, 0.717) is 5.92 Å². The van der Waals surface area contributed by atoms with Crippen LogP contribution in [0.3, 0.4) is 0 Å². The van der Waals surface area contributed by atoms with Crippen LogP contribution in [0.1, 0.15) is 33.6 Å². The number of hydroxylamine groups is 1. The summed E-state index contributed by atoms with van der Waals surface area (Å²) in [6.45, 7) is 10.0. The second kappa shape index (κ2) is 10.9. The van der Waals surface area contributed by atoms with E-state index in [9.17, 15) is 0 Å². The van der Waals surface area contributed by atoms with Gasteiger partial charge in [-0.15, -0.1) is 11.8 Å². The molecule has 0 atom stereocenters. The maximum Gasteiger partial charge on any atom is 0.0809 e. The molecule has 1 aliphatic rings. The Morgan fingerprint density at radius 1 is 1.31 bits per heavy atom. The molecule has 16 heavy (non-hydrogen) atoms. The van der Waals surface area contributed by atoms with Crippen molar-refractivity contribution in [3.63, 3.8) is 0 Å². The Bertz CT molecular complexity index is 200. The molecular formula is C13H26N2O. The van der Waals surface area contributed by atoms with Gasteiger partial charge < -0.3 is 9.74 Å².